The predicted molar refractivity (Wildman–Crippen MR) is 49.2 cm³/mol. The molecule has 1 atom stereocenters. The van der Waals surface area contributed by atoms with E-state index in [9.17, 15) is 0 Å². The summed E-state index contributed by atoms with van der Waals surface area (Å²) in [5.41, 5.74) is 3.00. The summed E-state index contributed by atoms with van der Waals surface area (Å²) in [5, 5.41) is 7.83. The van der Waals surface area contributed by atoms with E-state index in [1.807, 2.05) is 6.07 Å². The van der Waals surface area contributed by atoms with Crippen LogP contribution in [0.5, 0.6) is 0 Å². The zero-order valence-corrected chi connectivity index (χ0v) is 7.36. The Balaban J connectivity index is 0.000000113. The third-order valence-electron chi connectivity index (χ3n) is 2.17. The van der Waals surface area contributed by atoms with Crippen molar-refractivity contribution in [3.05, 3.63) is 35.4 Å². The summed E-state index contributed by atoms with van der Waals surface area (Å²) in [6.45, 7) is 0.649. The molecule has 0 radical (unpaired) electrons. The van der Waals surface area contributed by atoms with Gasteiger partial charge in [-0.25, -0.2) is 0 Å². The van der Waals surface area contributed by atoms with E-state index in [0.29, 0.717) is 6.61 Å². The maximum atomic E-state index is 7.83. The third-order valence-corrected chi connectivity index (χ3v) is 2.17. The van der Waals surface area contributed by atoms with Crippen molar-refractivity contribution in [1.29, 1.82) is 5.26 Å². The number of ether oxygens (including phenoxy) is 1. The lowest BCUT2D eigenvalue weighted by Gasteiger charge is -1.82. The van der Waals surface area contributed by atoms with E-state index in [-0.39, 0.29) is 6.10 Å². The Labute approximate surface area is 77.8 Å². The fraction of sp³-hybridized carbons (Fsp3) is 0.364. The largest absolute Gasteiger partial charge is 0.357 e. The van der Waals surface area contributed by atoms with Crippen LogP contribution in [0.2, 0.25) is 0 Å². The first-order valence-corrected chi connectivity index (χ1v) is 4.47. The van der Waals surface area contributed by atoms with Gasteiger partial charge in [-0.3, -0.25) is 0 Å². The molecule has 2 nitrogen and oxygen atoms in total. The molecule has 1 saturated heterocycles. The number of epoxide rings is 1. The van der Waals surface area contributed by atoms with Crippen LogP contribution in [0.3, 0.4) is 0 Å². The van der Waals surface area contributed by atoms with E-state index in [1.165, 1.54) is 24.0 Å². The van der Waals surface area contributed by atoms with Gasteiger partial charge in [-0.1, -0.05) is 24.3 Å². The van der Waals surface area contributed by atoms with Crippen molar-refractivity contribution in [3.8, 4) is 6.07 Å². The molecule has 1 aromatic carbocycles. The lowest BCUT2D eigenvalue weighted by atomic mass is 10.2. The standard InChI is InChI=1S/C8H8.C3H3NO/c1-2-7-4-5-8(3-1)6-7;4-1-3-2-5-3/h1-3,6H,4-5H2;3H,2H2. The number of fused-ring (bicyclic) bond motifs is 2. The third kappa shape index (κ3) is 2.30. The van der Waals surface area contributed by atoms with Gasteiger partial charge in [-0.15, -0.1) is 0 Å². The molecule has 3 rings (SSSR count). The summed E-state index contributed by atoms with van der Waals surface area (Å²) in [6, 6.07) is 10.7. The van der Waals surface area contributed by atoms with Crippen LogP contribution in [0, 0.1) is 11.3 Å². The Bertz CT molecular complexity index is 317. The topological polar surface area (TPSA) is 36.3 Å². The van der Waals surface area contributed by atoms with Crippen LogP contribution in [0.15, 0.2) is 24.3 Å². The van der Waals surface area contributed by atoms with Crippen molar-refractivity contribution < 1.29 is 4.74 Å². The first-order chi connectivity index (χ1) is 6.38. The summed E-state index contributed by atoms with van der Waals surface area (Å²) in [7, 11) is 0. The molecular formula is C11H11NO. The molecule has 2 bridgehead atoms. The highest BCUT2D eigenvalue weighted by atomic mass is 16.6. The average molecular weight is 173 g/mol. The second kappa shape index (κ2) is 3.59. The number of hydrogen-bond acceptors (Lipinski definition) is 2. The normalized spacial score (nSPS) is 21.3. The minimum Gasteiger partial charge on any atom is -0.357 e. The van der Waals surface area contributed by atoms with E-state index in [4.69, 9.17) is 5.26 Å². The fourth-order valence-electron chi connectivity index (χ4n) is 1.35. The van der Waals surface area contributed by atoms with Gasteiger partial charge in [0.25, 0.3) is 0 Å². The van der Waals surface area contributed by atoms with Gasteiger partial charge in [0, 0.05) is 0 Å². The van der Waals surface area contributed by atoms with Gasteiger partial charge in [0.15, 0.2) is 6.10 Å². The number of aryl methyl sites for hydroxylation is 2. The molecule has 66 valence electrons. The molecular weight excluding hydrogens is 162 g/mol. The van der Waals surface area contributed by atoms with Crippen molar-refractivity contribution in [2.75, 3.05) is 6.61 Å². The molecule has 0 N–H and O–H groups in total. The van der Waals surface area contributed by atoms with Gasteiger partial charge >= 0.3 is 0 Å². The lowest BCUT2D eigenvalue weighted by Crippen LogP contribution is -1.72. The monoisotopic (exact) mass is 173 g/mol. The number of nitriles is 1. The van der Waals surface area contributed by atoms with Crippen molar-refractivity contribution in [2.24, 2.45) is 0 Å². The van der Waals surface area contributed by atoms with Crippen molar-refractivity contribution in [3.63, 3.8) is 0 Å². The molecule has 0 aromatic heterocycles. The quantitative estimate of drug-likeness (QED) is 0.560. The molecule has 1 aliphatic heterocycles. The minimum atomic E-state index is -0.0602. The molecule has 2 aliphatic rings. The van der Waals surface area contributed by atoms with E-state index >= 15 is 0 Å². The molecule has 1 aliphatic carbocycles. The summed E-state index contributed by atoms with van der Waals surface area (Å²) < 4.78 is 4.50. The molecule has 2 heteroatoms. The summed E-state index contributed by atoms with van der Waals surface area (Å²) in [6.07, 6.45) is 2.47. The van der Waals surface area contributed by atoms with Gasteiger partial charge < -0.3 is 4.74 Å². The molecule has 0 spiro atoms. The van der Waals surface area contributed by atoms with Crippen LogP contribution in [-0.4, -0.2) is 12.7 Å². The van der Waals surface area contributed by atoms with E-state index in [2.05, 4.69) is 29.0 Å². The van der Waals surface area contributed by atoms with Crippen LogP contribution in [0.25, 0.3) is 0 Å². The van der Waals surface area contributed by atoms with Gasteiger partial charge in [0.1, 0.15) is 0 Å². The molecule has 1 unspecified atom stereocenters. The van der Waals surface area contributed by atoms with Gasteiger partial charge in [0.2, 0.25) is 0 Å². The maximum Gasteiger partial charge on any atom is 0.167 e. The van der Waals surface area contributed by atoms with E-state index in [0.717, 1.165) is 0 Å². The Morgan fingerprint density at radius 2 is 1.92 bits per heavy atom. The fourth-order valence-corrected chi connectivity index (χ4v) is 1.35. The van der Waals surface area contributed by atoms with Crippen LogP contribution in [0.1, 0.15) is 11.1 Å². The molecule has 0 amide bonds. The Hall–Kier alpha value is -1.33. The van der Waals surface area contributed by atoms with Crippen LogP contribution >= 0.6 is 0 Å². The Kier molecular flexibility index (Phi) is 2.29. The van der Waals surface area contributed by atoms with Gasteiger partial charge in [0.05, 0.1) is 12.7 Å². The van der Waals surface area contributed by atoms with Crippen LogP contribution in [-0.2, 0) is 17.6 Å². The second-order valence-electron chi connectivity index (χ2n) is 3.27. The van der Waals surface area contributed by atoms with Gasteiger partial charge in [-0.2, -0.15) is 5.26 Å². The number of nitrogens with zero attached hydrogens (tertiary/aromatic N) is 1. The molecule has 1 heterocycles. The first-order valence-electron chi connectivity index (χ1n) is 4.47. The highest BCUT2D eigenvalue weighted by Gasteiger charge is 2.20. The van der Waals surface area contributed by atoms with E-state index in [1.54, 1.807) is 0 Å². The summed E-state index contributed by atoms with van der Waals surface area (Å²) >= 11 is 0. The minimum absolute atomic E-state index is 0.0602. The second-order valence-corrected chi connectivity index (χ2v) is 3.27. The summed E-state index contributed by atoms with van der Waals surface area (Å²) in [4.78, 5) is 0. The first kappa shape index (κ1) is 8.28. The SMILES string of the molecule is N#CC1CO1.c1cc2cc(c1)CC2. The zero-order valence-electron chi connectivity index (χ0n) is 7.36. The highest BCUT2D eigenvalue weighted by molar-refractivity contribution is 5.29. The maximum absolute atomic E-state index is 7.83. The summed E-state index contributed by atoms with van der Waals surface area (Å²) in [5.74, 6) is 0. The van der Waals surface area contributed by atoms with Crippen molar-refractivity contribution >= 4 is 0 Å². The van der Waals surface area contributed by atoms with Crippen LogP contribution < -0.4 is 0 Å². The average Bonchev–Trinajstić information content (AvgIpc) is 2.95. The molecule has 1 aromatic rings. The molecule has 13 heavy (non-hydrogen) atoms. The van der Waals surface area contributed by atoms with Crippen molar-refractivity contribution in [2.45, 2.75) is 18.9 Å². The van der Waals surface area contributed by atoms with E-state index < -0.39 is 0 Å². The smallest absolute Gasteiger partial charge is 0.167 e. The van der Waals surface area contributed by atoms with Crippen LogP contribution in [0.4, 0.5) is 0 Å². The van der Waals surface area contributed by atoms with Crippen molar-refractivity contribution in [1.82, 2.24) is 0 Å². The van der Waals surface area contributed by atoms with Gasteiger partial charge in [-0.05, 0) is 24.0 Å². The molecule has 0 saturated carbocycles. The number of benzene rings is 1. The Morgan fingerprint density at radius 1 is 1.31 bits per heavy atom. The number of hydrogen-bond donors (Lipinski definition) is 0. The zero-order chi connectivity index (χ0) is 9.10. The number of rotatable bonds is 0. The molecule has 1 fully saturated rings. The lowest BCUT2D eigenvalue weighted by molar-refractivity contribution is 0.443. The predicted octanol–water partition coefficient (Wildman–Crippen LogP) is 1.69. The highest BCUT2D eigenvalue weighted by Crippen LogP contribution is 2.15. The Morgan fingerprint density at radius 3 is 2.23 bits per heavy atom.